The van der Waals surface area contributed by atoms with E-state index in [2.05, 4.69) is 20.7 Å². The number of carbonyl (C=O) groups excluding carboxylic acids is 1. The van der Waals surface area contributed by atoms with E-state index >= 15 is 0 Å². The van der Waals surface area contributed by atoms with Gasteiger partial charge in [0, 0.05) is 11.6 Å². The molecule has 0 unspecified atom stereocenters. The van der Waals surface area contributed by atoms with Gasteiger partial charge in [-0.1, -0.05) is 0 Å². The van der Waals surface area contributed by atoms with E-state index in [1.807, 2.05) is 0 Å². The number of nitrogens with one attached hydrogen (secondary N) is 1. The maximum Gasteiger partial charge on any atom is 0.338 e. The van der Waals surface area contributed by atoms with Crippen molar-refractivity contribution < 1.29 is 22.7 Å². The zero-order valence-electron chi connectivity index (χ0n) is 11.2. The first kappa shape index (κ1) is 16.9. The third-order valence-electron chi connectivity index (χ3n) is 2.30. The second-order valence-electron chi connectivity index (χ2n) is 3.83. The van der Waals surface area contributed by atoms with Crippen molar-refractivity contribution in [1.29, 1.82) is 0 Å². The first-order valence-electron chi connectivity index (χ1n) is 5.85. The topological polar surface area (TPSA) is 81.7 Å². The van der Waals surface area contributed by atoms with Crippen LogP contribution in [0.4, 0.5) is 5.69 Å². The van der Waals surface area contributed by atoms with Crippen LogP contribution in [0, 0.1) is 0 Å². The predicted octanol–water partition coefficient (Wildman–Crippen LogP) is 2.01. The third kappa shape index (κ3) is 5.10. The van der Waals surface area contributed by atoms with Crippen LogP contribution in [-0.2, 0) is 19.5 Å². The molecule has 0 saturated carbocycles. The Kier molecular flexibility index (Phi) is 6.44. The van der Waals surface area contributed by atoms with E-state index < -0.39 is 16.0 Å². The molecule has 0 fully saturated rings. The minimum Gasteiger partial charge on any atom is -0.462 e. The van der Waals surface area contributed by atoms with Gasteiger partial charge in [0.05, 0.1) is 30.2 Å². The van der Waals surface area contributed by atoms with Crippen LogP contribution in [0.2, 0.25) is 0 Å². The summed E-state index contributed by atoms with van der Waals surface area (Å²) in [5.41, 5.74) is 0.702. The van der Waals surface area contributed by atoms with Crippen molar-refractivity contribution in [2.24, 2.45) is 0 Å². The molecule has 0 radical (unpaired) electrons. The molecule has 0 aliphatic rings. The SMILES string of the molecule is CCOC(=O)c1ccc(NS(=O)(=O)CCOC)c(Br)c1. The monoisotopic (exact) mass is 365 g/mol. The normalized spacial score (nSPS) is 11.2. The van der Waals surface area contributed by atoms with E-state index in [9.17, 15) is 13.2 Å². The van der Waals surface area contributed by atoms with E-state index in [-0.39, 0.29) is 19.0 Å². The number of rotatable bonds is 7. The molecular weight excluding hydrogens is 350 g/mol. The summed E-state index contributed by atoms with van der Waals surface area (Å²) in [5, 5.41) is 0. The summed E-state index contributed by atoms with van der Waals surface area (Å²) in [6, 6.07) is 4.50. The van der Waals surface area contributed by atoms with Gasteiger partial charge in [-0.2, -0.15) is 0 Å². The van der Waals surface area contributed by atoms with Crippen molar-refractivity contribution in [2.75, 3.05) is 30.8 Å². The molecule has 1 rings (SSSR count). The van der Waals surface area contributed by atoms with E-state index in [1.165, 1.54) is 25.3 Å². The Bertz CT molecular complexity index is 573. The van der Waals surface area contributed by atoms with Gasteiger partial charge in [-0.25, -0.2) is 13.2 Å². The van der Waals surface area contributed by atoms with Crippen molar-refractivity contribution >= 4 is 37.6 Å². The lowest BCUT2D eigenvalue weighted by Gasteiger charge is -2.10. The summed E-state index contributed by atoms with van der Waals surface area (Å²) in [5.74, 6) is -0.600. The van der Waals surface area contributed by atoms with Gasteiger partial charge < -0.3 is 9.47 Å². The molecule has 0 heterocycles. The minimum absolute atomic E-state index is 0.105. The molecular formula is C12H16BrNO5S. The van der Waals surface area contributed by atoms with Gasteiger partial charge in [-0.05, 0) is 41.1 Å². The largest absolute Gasteiger partial charge is 0.462 e. The van der Waals surface area contributed by atoms with Crippen LogP contribution in [0.25, 0.3) is 0 Å². The number of esters is 1. The lowest BCUT2D eigenvalue weighted by atomic mass is 10.2. The van der Waals surface area contributed by atoms with Crippen LogP contribution in [-0.4, -0.2) is 40.5 Å². The summed E-state index contributed by atoms with van der Waals surface area (Å²) in [4.78, 5) is 11.5. The van der Waals surface area contributed by atoms with E-state index in [0.29, 0.717) is 15.7 Å². The standard InChI is InChI=1S/C12H16BrNO5S/c1-3-19-12(15)9-4-5-11(10(13)8-9)14-20(16,17)7-6-18-2/h4-5,8,14H,3,6-7H2,1-2H3. The van der Waals surface area contributed by atoms with Crippen LogP contribution < -0.4 is 4.72 Å². The average molecular weight is 366 g/mol. The molecule has 1 aromatic carbocycles. The highest BCUT2D eigenvalue weighted by atomic mass is 79.9. The molecule has 0 aliphatic carbocycles. The summed E-state index contributed by atoms with van der Waals surface area (Å²) < 4.78 is 35.9. The van der Waals surface area contributed by atoms with Crippen LogP contribution in [0.3, 0.4) is 0 Å². The number of carbonyl (C=O) groups is 1. The molecule has 8 heteroatoms. The average Bonchev–Trinajstić information content (AvgIpc) is 2.39. The van der Waals surface area contributed by atoms with Crippen molar-refractivity contribution in [2.45, 2.75) is 6.92 Å². The molecule has 6 nitrogen and oxygen atoms in total. The number of halogens is 1. The van der Waals surface area contributed by atoms with Crippen LogP contribution >= 0.6 is 15.9 Å². The number of benzene rings is 1. The summed E-state index contributed by atoms with van der Waals surface area (Å²) >= 11 is 3.22. The minimum atomic E-state index is -3.48. The fraction of sp³-hybridized carbons (Fsp3) is 0.417. The van der Waals surface area contributed by atoms with Crippen molar-refractivity contribution in [3.63, 3.8) is 0 Å². The molecule has 0 bridgehead atoms. The quantitative estimate of drug-likeness (QED) is 0.747. The lowest BCUT2D eigenvalue weighted by Crippen LogP contribution is -2.20. The molecule has 1 N–H and O–H groups in total. The fourth-order valence-electron chi connectivity index (χ4n) is 1.35. The molecule has 0 atom stereocenters. The number of hydrogen-bond acceptors (Lipinski definition) is 5. The maximum atomic E-state index is 11.7. The van der Waals surface area contributed by atoms with Crippen molar-refractivity contribution in [3.8, 4) is 0 Å². The van der Waals surface area contributed by atoms with Gasteiger partial charge >= 0.3 is 5.97 Å². The smallest absolute Gasteiger partial charge is 0.338 e. The number of hydrogen-bond donors (Lipinski definition) is 1. The first-order valence-corrected chi connectivity index (χ1v) is 8.30. The van der Waals surface area contributed by atoms with Crippen molar-refractivity contribution in [3.05, 3.63) is 28.2 Å². The number of methoxy groups -OCH3 is 1. The number of sulfonamides is 1. The molecule has 1 aromatic rings. The van der Waals surface area contributed by atoms with E-state index in [1.54, 1.807) is 6.92 Å². The van der Waals surface area contributed by atoms with E-state index in [0.717, 1.165) is 0 Å². The molecule has 0 aromatic heterocycles. The molecule has 0 aliphatic heterocycles. The Hall–Kier alpha value is -1.12. The second kappa shape index (κ2) is 7.61. The summed E-state index contributed by atoms with van der Waals surface area (Å²) in [7, 11) is -2.05. The third-order valence-corrected chi connectivity index (χ3v) is 4.19. The zero-order valence-corrected chi connectivity index (χ0v) is 13.6. The van der Waals surface area contributed by atoms with Crippen LogP contribution in [0.15, 0.2) is 22.7 Å². The van der Waals surface area contributed by atoms with E-state index in [4.69, 9.17) is 9.47 Å². The van der Waals surface area contributed by atoms with Gasteiger partial charge in [0.1, 0.15) is 0 Å². The van der Waals surface area contributed by atoms with Crippen LogP contribution in [0.5, 0.6) is 0 Å². The van der Waals surface area contributed by atoms with Gasteiger partial charge in [-0.15, -0.1) is 0 Å². The Morgan fingerprint density at radius 2 is 2.10 bits per heavy atom. The van der Waals surface area contributed by atoms with Crippen LogP contribution in [0.1, 0.15) is 17.3 Å². The summed E-state index contributed by atoms with van der Waals surface area (Å²) in [6.07, 6.45) is 0. The summed E-state index contributed by atoms with van der Waals surface area (Å²) in [6.45, 7) is 2.10. The first-order chi connectivity index (χ1) is 9.39. The highest BCUT2D eigenvalue weighted by Gasteiger charge is 2.14. The molecule has 0 saturated heterocycles. The number of ether oxygens (including phenoxy) is 2. The van der Waals surface area contributed by atoms with Gasteiger partial charge in [-0.3, -0.25) is 4.72 Å². The molecule has 112 valence electrons. The highest BCUT2D eigenvalue weighted by Crippen LogP contribution is 2.25. The molecule has 0 amide bonds. The molecule has 20 heavy (non-hydrogen) atoms. The van der Waals surface area contributed by atoms with Gasteiger partial charge in [0.15, 0.2) is 0 Å². The predicted molar refractivity (Wildman–Crippen MR) is 79.4 cm³/mol. The Labute approximate surface area is 126 Å². The van der Waals surface area contributed by atoms with Crippen molar-refractivity contribution in [1.82, 2.24) is 0 Å². The fourth-order valence-corrected chi connectivity index (χ4v) is 2.96. The lowest BCUT2D eigenvalue weighted by molar-refractivity contribution is 0.0526. The number of anilines is 1. The van der Waals surface area contributed by atoms with Gasteiger partial charge in [0.25, 0.3) is 0 Å². The van der Waals surface area contributed by atoms with Gasteiger partial charge in [0.2, 0.25) is 10.0 Å². The highest BCUT2D eigenvalue weighted by molar-refractivity contribution is 9.10. The molecule has 0 spiro atoms. The Balaban J connectivity index is 2.86. The second-order valence-corrected chi connectivity index (χ2v) is 6.53. The zero-order chi connectivity index (χ0) is 15.2. The maximum absolute atomic E-state index is 11.7. The Morgan fingerprint density at radius 1 is 1.40 bits per heavy atom. The Morgan fingerprint density at radius 3 is 2.65 bits per heavy atom.